The van der Waals surface area contributed by atoms with Crippen molar-refractivity contribution in [2.24, 2.45) is 0 Å². The summed E-state index contributed by atoms with van der Waals surface area (Å²) < 4.78 is 5.35. The van der Waals surface area contributed by atoms with E-state index in [2.05, 4.69) is 56.9 Å². The van der Waals surface area contributed by atoms with Gasteiger partial charge in [-0.05, 0) is 31.7 Å². The van der Waals surface area contributed by atoms with Gasteiger partial charge in [0.1, 0.15) is 0 Å². The van der Waals surface area contributed by atoms with E-state index in [0.29, 0.717) is 30.5 Å². The molecule has 5 heteroatoms. The highest BCUT2D eigenvalue weighted by Crippen LogP contribution is 2.21. The highest BCUT2D eigenvalue weighted by molar-refractivity contribution is 5.76. The Kier molecular flexibility index (Phi) is 8.01. The fourth-order valence-corrected chi connectivity index (χ4v) is 3.05. The van der Waals surface area contributed by atoms with Crippen LogP contribution >= 0.6 is 0 Å². The Hall–Kier alpha value is -2.17. The van der Waals surface area contributed by atoms with E-state index in [1.807, 2.05) is 17.0 Å². The van der Waals surface area contributed by atoms with E-state index in [9.17, 15) is 4.79 Å². The lowest BCUT2D eigenvalue weighted by Crippen LogP contribution is -2.37. The maximum atomic E-state index is 12.6. The first-order valence-corrected chi connectivity index (χ1v) is 10.1. The fourth-order valence-electron chi connectivity index (χ4n) is 3.05. The third-order valence-corrected chi connectivity index (χ3v) is 4.80. The van der Waals surface area contributed by atoms with Crippen LogP contribution < -0.4 is 0 Å². The Morgan fingerprint density at radius 3 is 2.41 bits per heavy atom. The van der Waals surface area contributed by atoms with Crippen molar-refractivity contribution in [1.82, 2.24) is 15.0 Å². The van der Waals surface area contributed by atoms with Crippen molar-refractivity contribution in [2.45, 2.75) is 78.7 Å². The predicted molar refractivity (Wildman–Crippen MR) is 109 cm³/mol. The number of nitrogens with zero attached hydrogens (tertiary/aromatic N) is 3. The number of hydrogen-bond acceptors (Lipinski definition) is 4. The van der Waals surface area contributed by atoms with E-state index in [1.165, 1.54) is 5.56 Å². The SMILES string of the molecule is CCCCCN(C(=O)CCc1nc(-c2ccc(C(C)C)cc2)no1)C(C)C. The maximum absolute atomic E-state index is 12.6. The lowest BCUT2D eigenvalue weighted by molar-refractivity contribution is -0.133. The Balaban J connectivity index is 1.93. The first kappa shape index (κ1) is 21.1. The number of aromatic nitrogens is 2. The first-order chi connectivity index (χ1) is 12.9. The lowest BCUT2D eigenvalue weighted by Gasteiger charge is -2.26. The number of amides is 1. The Morgan fingerprint density at radius 2 is 1.81 bits per heavy atom. The first-order valence-electron chi connectivity index (χ1n) is 10.1. The summed E-state index contributed by atoms with van der Waals surface area (Å²) in [6, 6.07) is 8.44. The molecule has 0 saturated heterocycles. The van der Waals surface area contributed by atoms with E-state index in [1.54, 1.807) is 0 Å². The van der Waals surface area contributed by atoms with Gasteiger partial charge in [-0.2, -0.15) is 4.98 Å². The molecule has 1 amide bonds. The van der Waals surface area contributed by atoms with Crippen LogP contribution in [0, 0.1) is 0 Å². The molecule has 27 heavy (non-hydrogen) atoms. The van der Waals surface area contributed by atoms with E-state index in [0.717, 1.165) is 31.4 Å². The average molecular weight is 372 g/mol. The van der Waals surface area contributed by atoms with Gasteiger partial charge in [0.05, 0.1) is 0 Å². The summed E-state index contributed by atoms with van der Waals surface area (Å²) in [5, 5.41) is 4.07. The van der Waals surface area contributed by atoms with E-state index < -0.39 is 0 Å². The Labute approximate surface area is 163 Å². The van der Waals surface area contributed by atoms with Crippen molar-refractivity contribution >= 4 is 5.91 Å². The van der Waals surface area contributed by atoms with Gasteiger partial charge in [0, 0.05) is 31.0 Å². The zero-order valence-electron chi connectivity index (χ0n) is 17.4. The molecule has 0 saturated carbocycles. The number of aryl methyl sites for hydroxylation is 1. The van der Waals surface area contributed by atoms with Crippen molar-refractivity contribution < 1.29 is 9.32 Å². The molecule has 0 N–H and O–H groups in total. The predicted octanol–water partition coefficient (Wildman–Crippen LogP) is 5.22. The van der Waals surface area contributed by atoms with Gasteiger partial charge in [0.2, 0.25) is 17.6 Å². The molecule has 0 unspecified atom stereocenters. The van der Waals surface area contributed by atoms with Crippen LogP contribution in [0.25, 0.3) is 11.4 Å². The molecule has 148 valence electrons. The van der Waals surface area contributed by atoms with Crippen LogP contribution in [0.5, 0.6) is 0 Å². The van der Waals surface area contributed by atoms with Crippen LogP contribution in [-0.2, 0) is 11.2 Å². The lowest BCUT2D eigenvalue weighted by atomic mass is 10.0. The molecule has 1 heterocycles. The smallest absolute Gasteiger partial charge is 0.227 e. The third kappa shape index (κ3) is 6.19. The number of rotatable bonds is 10. The molecule has 0 fully saturated rings. The molecular formula is C22H33N3O2. The Morgan fingerprint density at radius 1 is 1.11 bits per heavy atom. The van der Waals surface area contributed by atoms with Crippen LogP contribution in [0.15, 0.2) is 28.8 Å². The minimum absolute atomic E-state index is 0.155. The van der Waals surface area contributed by atoms with E-state index >= 15 is 0 Å². The van der Waals surface area contributed by atoms with Crippen LogP contribution in [-0.4, -0.2) is 33.5 Å². The number of carbonyl (C=O) groups excluding carboxylic acids is 1. The second kappa shape index (κ2) is 10.2. The molecule has 2 aromatic rings. The number of benzene rings is 1. The number of hydrogen-bond donors (Lipinski definition) is 0. The standard InChI is InChI=1S/C22H33N3O2/c1-6-7-8-15-25(17(4)5)21(26)14-13-20-23-22(24-27-20)19-11-9-18(10-12-19)16(2)3/h9-12,16-17H,6-8,13-15H2,1-5H3. The molecule has 1 aromatic carbocycles. The van der Waals surface area contributed by atoms with Gasteiger partial charge >= 0.3 is 0 Å². The van der Waals surface area contributed by atoms with E-state index in [-0.39, 0.29) is 11.9 Å². The molecule has 2 rings (SSSR count). The molecule has 0 bridgehead atoms. The van der Waals surface area contributed by atoms with Gasteiger partial charge in [0.15, 0.2) is 0 Å². The Bertz CT molecular complexity index is 705. The summed E-state index contributed by atoms with van der Waals surface area (Å²) in [7, 11) is 0. The molecular weight excluding hydrogens is 338 g/mol. The van der Waals surface area contributed by atoms with Gasteiger partial charge in [-0.3, -0.25) is 4.79 Å². The zero-order valence-corrected chi connectivity index (χ0v) is 17.4. The summed E-state index contributed by atoms with van der Waals surface area (Å²) in [5.41, 5.74) is 2.22. The van der Waals surface area contributed by atoms with Crippen LogP contribution in [0.3, 0.4) is 0 Å². The van der Waals surface area contributed by atoms with E-state index in [4.69, 9.17) is 4.52 Å². The molecule has 0 aliphatic carbocycles. The normalized spacial score (nSPS) is 11.4. The summed E-state index contributed by atoms with van der Waals surface area (Å²) in [4.78, 5) is 19.0. The minimum Gasteiger partial charge on any atom is -0.340 e. The van der Waals surface area contributed by atoms with Gasteiger partial charge in [0.25, 0.3) is 0 Å². The monoisotopic (exact) mass is 371 g/mol. The summed E-state index contributed by atoms with van der Waals surface area (Å²) in [6.07, 6.45) is 4.24. The summed E-state index contributed by atoms with van der Waals surface area (Å²) >= 11 is 0. The van der Waals surface area contributed by atoms with Crippen molar-refractivity contribution in [2.75, 3.05) is 6.54 Å². The molecule has 0 aliphatic heterocycles. The molecule has 0 atom stereocenters. The summed E-state index contributed by atoms with van der Waals surface area (Å²) in [6.45, 7) is 11.5. The fraction of sp³-hybridized carbons (Fsp3) is 0.591. The minimum atomic E-state index is 0.155. The number of unbranched alkanes of at least 4 members (excludes halogenated alkanes) is 2. The molecule has 0 spiro atoms. The van der Waals surface area contributed by atoms with Crippen LogP contribution in [0.4, 0.5) is 0 Å². The highest BCUT2D eigenvalue weighted by Gasteiger charge is 2.18. The van der Waals surface area contributed by atoms with Crippen molar-refractivity contribution in [3.63, 3.8) is 0 Å². The van der Waals surface area contributed by atoms with Crippen LogP contribution in [0.1, 0.15) is 77.7 Å². The van der Waals surface area contributed by atoms with Gasteiger partial charge in [-0.1, -0.05) is 63.0 Å². The second-order valence-corrected chi connectivity index (χ2v) is 7.68. The largest absolute Gasteiger partial charge is 0.340 e. The quantitative estimate of drug-likeness (QED) is 0.537. The van der Waals surface area contributed by atoms with Crippen LogP contribution in [0.2, 0.25) is 0 Å². The molecule has 5 nitrogen and oxygen atoms in total. The topological polar surface area (TPSA) is 59.2 Å². The molecule has 0 aliphatic rings. The zero-order chi connectivity index (χ0) is 19.8. The van der Waals surface area contributed by atoms with Gasteiger partial charge in [-0.25, -0.2) is 0 Å². The van der Waals surface area contributed by atoms with Crippen molar-refractivity contribution in [1.29, 1.82) is 0 Å². The van der Waals surface area contributed by atoms with Gasteiger partial charge < -0.3 is 9.42 Å². The van der Waals surface area contributed by atoms with Gasteiger partial charge in [-0.15, -0.1) is 0 Å². The second-order valence-electron chi connectivity index (χ2n) is 7.68. The van der Waals surface area contributed by atoms with Crippen molar-refractivity contribution in [3.8, 4) is 11.4 Å². The molecule has 1 aromatic heterocycles. The molecule has 0 radical (unpaired) electrons. The maximum Gasteiger partial charge on any atom is 0.227 e. The highest BCUT2D eigenvalue weighted by atomic mass is 16.5. The average Bonchev–Trinajstić information content (AvgIpc) is 3.12. The van der Waals surface area contributed by atoms with Crippen molar-refractivity contribution in [3.05, 3.63) is 35.7 Å². The number of carbonyl (C=O) groups is 1. The third-order valence-electron chi connectivity index (χ3n) is 4.80. The summed E-state index contributed by atoms with van der Waals surface area (Å²) in [5.74, 6) is 1.74.